The van der Waals surface area contributed by atoms with E-state index in [-0.39, 0.29) is 4.88 Å². The van der Waals surface area contributed by atoms with E-state index in [9.17, 15) is 9.90 Å². The molecule has 0 aromatic carbocycles. The lowest BCUT2D eigenvalue weighted by Gasteiger charge is -2.08. The van der Waals surface area contributed by atoms with E-state index in [0.717, 1.165) is 11.3 Å². The van der Waals surface area contributed by atoms with Crippen molar-refractivity contribution in [3.05, 3.63) is 11.1 Å². The molecule has 1 aromatic rings. The van der Waals surface area contributed by atoms with Gasteiger partial charge in [-0.05, 0) is 6.42 Å². The van der Waals surface area contributed by atoms with E-state index in [4.69, 9.17) is 11.5 Å². The molecule has 1 rings (SSSR count). The summed E-state index contributed by atoms with van der Waals surface area (Å²) in [5.74, 6) is 1.44. The zero-order valence-electron chi connectivity index (χ0n) is 8.51. The van der Waals surface area contributed by atoms with Crippen LogP contribution >= 0.6 is 11.3 Å². The number of aromatic carboxylic acids is 1. The van der Waals surface area contributed by atoms with E-state index in [1.54, 1.807) is 0 Å². The van der Waals surface area contributed by atoms with Crippen molar-refractivity contribution in [3.63, 3.8) is 0 Å². The number of thiazole rings is 1. The summed E-state index contributed by atoms with van der Waals surface area (Å²) in [4.78, 5) is 14.6. The molecule has 0 saturated heterocycles. The highest BCUT2D eigenvalue weighted by atomic mass is 32.1. The summed E-state index contributed by atoms with van der Waals surface area (Å²) in [6, 6.07) is 0. The second-order valence-electron chi connectivity index (χ2n) is 3.11. The molecule has 0 amide bonds. The molecule has 86 valence electrons. The van der Waals surface area contributed by atoms with Crippen molar-refractivity contribution in [1.82, 2.24) is 4.98 Å². The molecule has 6 heteroatoms. The van der Waals surface area contributed by atoms with Crippen LogP contribution in [0, 0.1) is 12.3 Å². The fourth-order valence-electron chi connectivity index (χ4n) is 1.01. The summed E-state index contributed by atoms with van der Waals surface area (Å²) in [6.07, 6.45) is 6.83. The van der Waals surface area contributed by atoms with Crippen LogP contribution in [0.2, 0.25) is 0 Å². The molecular formula is C10H12N2O3S. The quantitative estimate of drug-likeness (QED) is 0.647. The van der Waals surface area contributed by atoms with E-state index < -0.39 is 12.1 Å². The second kappa shape index (κ2) is 6.10. The molecule has 16 heavy (non-hydrogen) atoms. The van der Waals surface area contributed by atoms with Crippen LogP contribution in [0.15, 0.2) is 6.20 Å². The van der Waals surface area contributed by atoms with Crippen LogP contribution in [-0.2, 0) is 0 Å². The van der Waals surface area contributed by atoms with Crippen molar-refractivity contribution in [2.45, 2.75) is 18.9 Å². The predicted molar refractivity (Wildman–Crippen MR) is 61.6 cm³/mol. The molecule has 0 radical (unpaired) electrons. The maximum Gasteiger partial charge on any atom is 0.347 e. The van der Waals surface area contributed by atoms with Gasteiger partial charge in [0.05, 0.1) is 12.3 Å². The lowest BCUT2D eigenvalue weighted by molar-refractivity contribution is 0.0702. The highest BCUT2D eigenvalue weighted by molar-refractivity contribution is 7.17. The summed E-state index contributed by atoms with van der Waals surface area (Å²) in [5.41, 5.74) is 0. The monoisotopic (exact) mass is 240 g/mol. The lowest BCUT2D eigenvalue weighted by atomic mass is 10.2. The molecule has 0 fully saturated rings. The number of aliphatic hydroxyl groups excluding tert-OH is 1. The van der Waals surface area contributed by atoms with Crippen LogP contribution in [0.3, 0.4) is 0 Å². The van der Waals surface area contributed by atoms with Gasteiger partial charge in [-0.2, -0.15) is 0 Å². The molecule has 3 N–H and O–H groups in total. The Morgan fingerprint density at radius 3 is 3.06 bits per heavy atom. The maximum absolute atomic E-state index is 10.6. The first-order valence-electron chi connectivity index (χ1n) is 4.68. The summed E-state index contributed by atoms with van der Waals surface area (Å²) in [5, 5.41) is 21.5. The lowest BCUT2D eigenvalue weighted by Crippen LogP contribution is -2.18. The average Bonchev–Trinajstić information content (AvgIpc) is 2.72. The fraction of sp³-hybridized carbons (Fsp3) is 0.400. The third-order valence-electron chi connectivity index (χ3n) is 1.83. The molecule has 5 nitrogen and oxygen atoms in total. The minimum Gasteiger partial charge on any atom is -0.477 e. The summed E-state index contributed by atoms with van der Waals surface area (Å²) < 4.78 is 0. The Hall–Kier alpha value is -1.58. The highest BCUT2D eigenvalue weighted by Gasteiger charge is 2.09. The molecule has 0 saturated carbocycles. The number of aromatic nitrogens is 1. The van der Waals surface area contributed by atoms with Crippen molar-refractivity contribution in [2.24, 2.45) is 0 Å². The zero-order valence-corrected chi connectivity index (χ0v) is 9.33. The van der Waals surface area contributed by atoms with Gasteiger partial charge in [-0.3, -0.25) is 0 Å². The number of aliphatic hydroxyl groups is 1. The van der Waals surface area contributed by atoms with Gasteiger partial charge in [-0.1, -0.05) is 11.3 Å². The number of rotatable bonds is 6. The smallest absolute Gasteiger partial charge is 0.347 e. The maximum atomic E-state index is 10.6. The van der Waals surface area contributed by atoms with E-state index in [1.807, 2.05) is 0 Å². The molecule has 1 atom stereocenters. The summed E-state index contributed by atoms with van der Waals surface area (Å²) in [7, 11) is 0. The highest BCUT2D eigenvalue weighted by Crippen LogP contribution is 2.17. The summed E-state index contributed by atoms with van der Waals surface area (Å²) in [6.45, 7) is 0.314. The number of terminal acetylenes is 1. The molecule has 0 spiro atoms. The molecule has 0 aliphatic rings. The van der Waals surface area contributed by atoms with Crippen LogP contribution in [0.25, 0.3) is 0 Å². The standard InChI is InChI=1S/C10H12N2O3S/c1-2-3-4-7(13)5-11-10-12-6-8(16-10)9(14)15/h1,6-7,13H,3-5H2,(H,11,12)(H,14,15). The number of carboxylic acid groups (broad SMARTS) is 1. The number of carbonyl (C=O) groups is 1. The second-order valence-corrected chi connectivity index (χ2v) is 4.14. The number of anilines is 1. The number of hydrogen-bond donors (Lipinski definition) is 3. The van der Waals surface area contributed by atoms with E-state index in [2.05, 4.69) is 16.2 Å². The Kier molecular flexibility index (Phi) is 4.76. The molecular weight excluding hydrogens is 228 g/mol. The van der Waals surface area contributed by atoms with Gasteiger partial charge in [-0.25, -0.2) is 9.78 Å². The van der Waals surface area contributed by atoms with Gasteiger partial charge in [0.2, 0.25) is 0 Å². The minimum absolute atomic E-state index is 0.167. The van der Waals surface area contributed by atoms with Crippen LogP contribution in [0.4, 0.5) is 5.13 Å². The van der Waals surface area contributed by atoms with Gasteiger partial charge in [-0.15, -0.1) is 12.3 Å². The van der Waals surface area contributed by atoms with Crippen molar-refractivity contribution >= 4 is 22.4 Å². The number of hydrogen-bond acceptors (Lipinski definition) is 5. The van der Waals surface area contributed by atoms with Gasteiger partial charge in [0.25, 0.3) is 0 Å². The SMILES string of the molecule is C#CCCC(O)CNc1ncc(C(=O)O)s1. The van der Waals surface area contributed by atoms with Crippen molar-refractivity contribution in [1.29, 1.82) is 0 Å². The predicted octanol–water partition coefficient (Wildman–Crippen LogP) is 1.03. The number of carboxylic acids is 1. The Labute approximate surface area is 97.1 Å². The Morgan fingerprint density at radius 1 is 1.75 bits per heavy atom. The summed E-state index contributed by atoms with van der Waals surface area (Å²) >= 11 is 1.03. The Morgan fingerprint density at radius 2 is 2.50 bits per heavy atom. The largest absolute Gasteiger partial charge is 0.477 e. The average molecular weight is 240 g/mol. The molecule has 1 aromatic heterocycles. The fourth-order valence-corrected chi connectivity index (χ4v) is 1.67. The van der Waals surface area contributed by atoms with Crippen LogP contribution in [0.5, 0.6) is 0 Å². The van der Waals surface area contributed by atoms with Crippen molar-refractivity contribution in [3.8, 4) is 12.3 Å². The molecule has 1 heterocycles. The third-order valence-corrected chi connectivity index (χ3v) is 2.77. The number of nitrogens with one attached hydrogen (secondary N) is 1. The molecule has 0 aliphatic heterocycles. The van der Waals surface area contributed by atoms with Crippen LogP contribution in [-0.4, -0.2) is 33.8 Å². The zero-order chi connectivity index (χ0) is 12.0. The first kappa shape index (κ1) is 12.5. The molecule has 0 bridgehead atoms. The van der Waals surface area contributed by atoms with Crippen LogP contribution < -0.4 is 5.32 Å². The Bertz CT molecular complexity index is 397. The van der Waals surface area contributed by atoms with Gasteiger partial charge in [0.15, 0.2) is 5.13 Å². The van der Waals surface area contributed by atoms with Gasteiger partial charge >= 0.3 is 5.97 Å². The topological polar surface area (TPSA) is 82.5 Å². The van der Waals surface area contributed by atoms with E-state index in [1.165, 1.54) is 6.20 Å². The van der Waals surface area contributed by atoms with Crippen molar-refractivity contribution < 1.29 is 15.0 Å². The molecule has 0 aliphatic carbocycles. The van der Waals surface area contributed by atoms with E-state index in [0.29, 0.717) is 24.5 Å². The third kappa shape index (κ3) is 3.88. The van der Waals surface area contributed by atoms with Crippen LogP contribution in [0.1, 0.15) is 22.5 Å². The van der Waals surface area contributed by atoms with Gasteiger partial charge in [0, 0.05) is 13.0 Å². The van der Waals surface area contributed by atoms with Gasteiger partial charge < -0.3 is 15.5 Å². The minimum atomic E-state index is -1.00. The normalized spacial score (nSPS) is 11.8. The number of nitrogens with zero attached hydrogens (tertiary/aromatic N) is 1. The van der Waals surface area contributed by atoms with Crippen molar-refractivity contribution in [2.75, 3.05) is 11.9 Å². The molecule has 1 unspecified atom stereocenters. The first-order chi connectivity index (χ1) is 7.63. The van der Waals surface area contributed by atoms with Gasteiger partial charge in [0.1, 0.15) is 4.88 Å². The van der Waals surface area contributed by atoms with E-state index >= 15 is 0 Å². The Balaban J connectivity index is 2.37. The first-order valence-corrected chi connectivity index (χ1v) is 5.49.